The third-order valence-electron chi connectivity index (χ3n) is 4.88. The van der Waals surface area contributed by atoms with Crippen LogP contribution in [0.2, 0.25) is 5.02 Å². The maximum atomic E-state index is 6.48. The molecule has 5 heteroatoms. The summed E-state index contributed by atoms with van der Waals surface area (Å²) in [6.07, 6.45) is 4.38. The number of hydrogen-bond donors (Lipinski definition) is 1. The molecule has 0 spiro atoms. The number of nitrogens with one attached hydrogen (secondary N) is 1. The van der Waals surface area contributed by atoms with E-state index in [1.54, 1.807) is 0 Å². The average molecular weight is 349 g/mol. The molecule has 0 saturated heterocycles. The smallest absolute Gasteiger partial charge is 0.152 e. The number of benzene rings is 1. The summed E-state index contributed by atoms with van der Waals surface area (Å²) in [6, 6.07) is 9.97. The van der Waals surface area contributed by atoms with Crippen molar-refractivity contribution >= 4 is 28.8 Å². The number of hydrogen-bond acceptors (Lipinski definition) is 4. The average Bonchev–Trinajstić information content (AvgIpc) is 3.42. The van der Waals surface area contributed by atoms with E-state index in [0.29, 0.717) is 17.5 Å². The van der Waals surface area contributed by atoms with Gasteiger partial charge in [-0.2, -0.15) is 0 Å². The summed E-state index contributed by atoms with van der Waals surface area (Å²) in [4.78, 5) is 14.3. The lowest BCUT2D eigenvalue weighted by Gasteiger charge is -2.12. The van der Waals surface area contributed by atoms with Gasteiger partial charge in [-0.1, -0.05) is 29.8 Å². The second-order valence-electron chi connectivity index (χ2n) is 6.79. The monoisotopic (exact) mass is 348 g/mol. The first-order valence-corrected chi connectivity index (χ1v) is 8.94. The molecule has 124 valence electrons. The summed E-state index contributed by atoms with van der Waals surface area (Å²) >= 11 is 6.48. The lowest BCUT2D eigenvalue weighted by molar-refractivity contribution is 1.02. The van der Waals surface area contributed by atoms with Gasteiger partial charge in [-0.05, 0) is 37.5 Å². The number of fused-ring (bicyclic) bond motifs is 2. The topological polar surface area (TPSA) is 49.6 Å². The molecule has 0 unspecified atom stereocenters. The summed E-state index contributed by atoms with van der Waals surface area (Å²) in [7, 11) is 0. The van der Waals surface area contributed by atoms with Gasteiger partial charge in [-0.25, -0.2) is 4.99 Å². The minimum atomic E-state index is 0.596. The van der Waals surface area contributed by atoms with Gasteiger partial charge >= 0.3 is 0 Å². The summed E-state index contributed by atoms with van der Waals surface area (Å²) < 4.78 is 0. The van der Waals surface area contributed by atoms with E-state index in [4.69, 9.17) is 21.6 Å². The van der Waals surface area contributed by atoms with E-state index < -0.39 is 0 Å². The van der Waals surface area contributed by atoms with Crippen LogP contribution in [-0.2, 0) is 0 Å². The van der Waals surface area contributed by atoms with Crippen molar-refractivity contribution < 1.29 is 0 Å². The molecule has 1 saturated carbocycles. The lowest BCUT2D eigenvalue weighted by Crippen LogP contribution is -2.12. The number of aromatic nitrogens is 1. The van der Waals surface area contributed by atoms with Gasteiger partial charge in [0.25, 0.3) is 0 Å². The van der Waals surface area contributed by atoms with Crippen molar-refractivity contribution in [1.29, 1.82) is 0 Å². The molecule has 5 rings (SSSR count). The highest BCUT2D eigenvalue weighted by Gasteiger charge is 2.29. The minimum Gasteiger partial charge on any atom is -0.338 e. The largest absolute Gasteiger partial charge is 0.338 e. The lowest BCUT2D eigenvalue weighted by atomic mass is 10.0. The zero-order chi connectivity index (χ0) is 17.0. The highest BCUT2D eigenvalue weighted by Crippen LogP contribution is 2.41. The summed E-state index contributed by atoms with van der Waals surface area (Å²) in [5.74, 6) is 1.44. The van der Waals surface area contributed by atoms with Crippen molar-refractivity contribution in [2.75, 3.05) is 11.9 Å². The van der Waals surface area contributed by atoms with Crippen LogP contribution in [0.4, 0.5) is 5.69 Å². The molecule has 1 aliphatic carbocycles. The zero-order valence-corrected chi connectivity index (χ0v) is 14.6. The summed E-state index contributed by atoms with van der Waals surface area (Å²) in [6.45, 7) is 2.76. The van der Waals surface area contributed by atoms with Crippen molar-refractivity contribution in [2.24, 2.45) is 9.98 Å². The van der Waals surface area contributed by atoms with E-state index >= 15 is 0 Å². The van der Waals surface area contributed by atoms with Crippen molar-refractivity contribution in [3.63, 3.8) is 0 Å². The molecule has 0 amide bonds. The van der Waals surface area contributed by atoms with E-state index in [9.17, 15) is 0 Å². The molecule has 0 atom stereocenters. The predicted molar refractivity (Wildman–Crippen MR) is 102 cm³/mol. The fourth-order valence-corrected chi connectivity index (χ4v) is 3.55. The number of anilines is 1. The Hall–Kier alpha value is -2.46. The molecule has 0 bridgehead atoms. The molecular weight excluding hydrogens is 332 g/mol. The SMILES string of the molecule is CC1=C2N=C(c3ccccc3Cl)c3cnc(C4CC4)cc3NC2=NC1. The highest BCUT2D eigenvalue weighted by molar-refractivity contribution is 6.36. The first-order valence-electron chi connectivity index (χ1n) is 8.56. The second-order valence-corrected chi connectivity index (χ2v) is 7.20. The molecule has 1 aromatic heterocycles. The van der Waals surface area contributed by atoms with Crippen LogP contribution in [-0.4, -0.2) is 23.1 Å². The van der Waals surface area contributed by atoms with E-state index in [2.05, 4.69) is 23.3 Å². The fraction of sp³-hybridized carbons (Fsp3) is 0.250. The van der Waals surface area contributed by atoms with Gasteiger partial charge in [-0.3, -0.25) is 9.98 Å². The highest BCUT2D eigenvalue weighted by atomic mass is 35.5. The Morgan fingerprint density at radius 3 is 2.80 bits per heavy atom. The van der Waals surface area contributed by atoms with Crippen LogP contribution >= 0.6 is 11.6 Å². The third kappa shape index (κ3) is 2.48. The maximum absolute atomic E-state index is 6.48. The molecule has 1 fully saturated rings. The molecule has 1 N–H and O–H groups in total. The zero-order valence-electron chi connectivity index (χ0n) is 13.9. The van der Waals surface area contributed by atoms with Crippen molar-refractivity contribution in [3.05, 3.63) is 69.6 Å². The Morgan fingerprint density at radius 1 is 1.16 bits per heavy atom. The van der Waals surface area contributed by atoms with E-state index in [1.807, 2.05) is 30.5 Å². The first kappa shape index (κ1) is 14.8. The van der Waals surface area contributed by atoms with Crippen LogP contribution < -0.4 is 5.32 Å². The van der Waals surface area contributed by atoms with Gasteiger partial charge in [0, 0.05) is 34.0 Å². The number of pyridine rings is 1. The number of halogens is 1. The quantitative estimate of drug-likeness (QED) is 0.864. The molecule has 3 heterocycles. The molecular formula is C20H17ClN4. The van der Waals surface area contributed by atoms with Crippen molar-refractivity contribution in [2.45, 2.75) is 25.7 Å². The standard InChI is InChI=1S/C20H17ClN4/c1-11-9-23-20-18(11)25-19(13-4-2-3-5-15(13)21)14-10-22-16(12-6-7-12)8-17(14)24-20/h2-5,8,10,12H,6-7,9H2,1H3,(H,23,24). The number of nitrogens with zero attached hydrogens (tertiary/aromatic N) is 3. The van der Waals surface area contributed by atoms with Crippen molar-refractivity contribution in [3.8, 4) is 0 Å². The van der Waals surface area contributed by atoms with Crippen LogP contribution in [0.15, 0.2) is 57.8 Å². The van der Waals surface area contributed by atoms with Gasteiger partial charge in [0.2, 0.25) is 0 Å². The Bertz CT molecular complexity index is 983. The predicted octanol–water partition coefficient (Wildman–Crippen LogP) is 4.56. The van der Waals surface area contributed by atoms with E-state index in [1.165, 1.54) is 12.8 Å². The van der Waals surface area contributed by atoms with Gasteiger partial charge in [0.05, 0.1) is 17.9 Å². The van der Waals surface area contributed by atoms with E-state index in [0.717, 1.165) is 45.3 Å². The molecule has 0 radical (unpaired) electrons. The number of amidine groups is 1. The molecule has 4 nitrogen and oxygen atoms in total. The fourth-order valence-electron chi connectivity index (χ4n) is 3.32. The van der Waals surface area contributed by atoms with E-state index in [-0.39, 0.29) is 0 Å². The van der Waals surface area contributed by atoms with Gasteiger partial charge < -0.3 is 5.32 Å². The Morgan fingerprint density at radius 2 is 2.00 bits per heavy atom. The molecule has 3 aliphatic rings. The summed E-state index contributed by atoms with van der Waals surface area (Å²) in [5, 5.41) is 4.18. The van der Waals surface area contributed by atoms with Crippen LogP contribution in [0.3, 0.4) is 0 Å². The Kier molecular flexibility index (Phi) is 3.28. The van der Waals surface area contributed by atoms with Gasteiger partial charge in [-0.15, -0.1) is 0 Å². The second kappa shape index (κ2) is 5.53. The van der Waals surface area contributed by atoms with Crippen LogP contribution in [0.5, 0.6) is 0 Å². The Balaban J connectivity index is 1.75. The molecule has 2 aliphatic heterocycles. The normalized spacial score (nSPS) is 18.8. The van der Waals surface area contributed by atoms with Gasteiger partial charge in [0.1, 0.15) is 5.70 Å². The number of aliphatic imine (C=N–C) groups is 2. The number of rotatable bonds is 2. The molecule has 25 heavy (non-hydrogen) atoms. The third-order valence-corrected chi connectivity index (χ3v) is 5.21. The van der Waals surface area contributed by atoms with Crippen LogP contribution in [0.25, 0.3) is 0 Å². The van der Waals surface area contributed by atoms with Gasteiger partial charge in [0.15, 0.2) is 5.84 Å². The van der Waals surface area contributed by atoms with Crippen LogP contribution in [0.1, 0.15) is 42.5 Å². The molecule has 1 aromatic carbocycles. The molecule has 2 aromatic rings. The Labute approximate surface area is 151 Å². The van der Waals surface area contributed by atoms with Crippen LogP contribution in [0, 0.1) is 0 Å². The first-order chi connectivity index (χ1) is 12.2. The summed E-state index contributed by atoms with van der Waals surface area (Å²) in [5.41, 5.74) is 6.97. The maximum Gasteiger partial charge on any atom is 0.152 e. The minimum absolute atomic E-state index is 0.596. The van der Waals surface area contributed by atoms with Crippen molar-refractivity contribution in [1.82, 2.24) is 4.98 Å².